The molecule has 0 aliphatic carbocycles. The molecular formula is C28H33F3N2. The smallest absolute Gasteiger partial charge is 0.382 e. The molecule has 0 aromatic heterocycles. The Bertz CT molecular complexity index is 1020. The molecule has 0 radical (unpaired) electrons. The van der Waals surface area contributed by atoms with Gasteiger partial charge >= 0.3 is 6.18 Å². The second-order valence-electron chi connectivity index (χ2n) is 9.25. The van der Waals surface area contributed by atoms with Crippen molar-refractivity contribution in [3.63, 3.8) is 0 Å². The van der Waals surface area contributed by atoms with E-state index >= 15 is 0 Å². The minimum Gasteiger partial charge on any atom is -0.382 e. The predicted molar refractivity (Wildman–Crippen MR) is 129 cm³/mol. The fourth-order valence-electron chi connectivity index (χ4n) is 4.10. The van der Waals surface area contributed by atoms with Gasteiger partial charge in [-0.2, -0.15) is 13.2 Å². The van der Waals surface area contributed by atoms with Crippen LogP contribution in [0.25, 0.3) is 0 Å². The highest BCUT2D eigenvalue weighted by Crippen LogP contribution is 2.38. The van der Waals surface area contributed by atoms with Crippen molar-refractivity contribution >= 4 is 0 Å². The van der Waals surface area contributed by atoms with Gasteiger partial charge in [0.05, 0.1) is 5.56 Å². The van der Waals surface area contributed by atoms with Crippen LogP contribution in [0.2, 0.25) is 0 Å². The number of halogens is 3. The largest absolute Gasteiger partial charge is 0.416 e. The van der Waals surface area contributed by atoms with Gasteiger partial charge in [-0.3, -0.25) is 0 Å². The highest BCUT2D eigenvalue weighted by molar-refractivity contribution is 5.44. The van der Waals surface area contributed by atoms with E-state index in [-0.39, 0.29) is 0 Å². The first kappa shape index (κ1) is 24.7. The Labute approximate surface area is 195 Å². The summed E-state index contributed by atoms with van der Waals surface area (Å²) in [5.74, 6) is 0.498. The van der Waals surface area contributed by atoms with Crippen LogP contribution in [-0.2, 0) is 18.1 Å². The zero-order valence-corrected chi connectivity index (χ0v) is 19.6. The van der Waals surface area contributed by atoms with E-state index in [0.717, 1.165) is 41.4 Å². The molecule has 3 rings (SSSR count). The van der Waals surface area contributed by atoms with Crippen molar-refractivity contribution in [1.29, 1.82) is 0 Å². The van der Waals surface area contributed by atoms with Gasteiger partial charge in [0, 0.05) is 24.4 Å². The van der Waals surface area contributed by atoms with Crippen LogP contribution < -0.4 is 10.6 Å². The lowest BCUT2D eigenvalue weighted by molar-refractivity contribution is -0.137. The molecule has 2 aromatic carbocycles. The highest BCUT2D eigenvalue weighted by Gasteiger charge is 2.40. The predicted octanol–water partition coefficient (Wildman–Crippen LogP) is 7.12. The van der Waals surface area contributed by atoms with Gasteiger partial charge < -0.3 is 10.6 Å². The number of dihydropyridines is 1. The molecule has 1 heterocycles. The van der Waals surface area contributed by atoms with Gasteiger partial charge in [0.15, 0.2) is 0 Å². The van der Waals surface area contributed by atoms with Crippen LogP contribution in [0.5, 0.6) is 0 Å². The molecule has 1 aliphatic rings. The van der Waals surface area contributed by atoms with Crippen molar-refractivity contribution in [2.45, 2.75) is 51.7 Å². The normalized spacial score (nSPS) is 15.8. The number of rotatable bonds is 9. The van der Waals surface area contributed by atoms with Gasteiger partial charge in [0.1, 0.15) is 5.54 Å². The molecular weight excluding hydrogens is 421 g/mol. The molecule has 0 fully saturated rings. The van der Waals surface area contributed by atoms with Gasteiger partial charge in [0.2, 0.25) is 0 Å². The van der Waals surface area contributed by atoms with E-state index in [1.807, 2.05) is 49.4 Å². The summed E-state index contributed by atoms with van der Waals surface area (Å²) in [6.07, 6.45) is 1.74. The molecule has 0 saturated heterocycles. The van der Waals surface area contributed by atoms with Gasteiger partial charge in [-0.1, -0.05) is 74.5 Å². The van der Waals surface area contributed by atoms with Crippen LogP contribution in [0, 0.1) is 5.92 Å². The number of allylic oxidation sites excluding steroid dienone is 3. The summed E-state index contributed by atoms with van der Waals surface area (Å²) in [5, 5.41) is 7.06. The summed E-state index contributed by atoms with van der Waals surface area (Å²) in [6.45, 7) is 11.2. The van der Waals surface area contributed by atoms with Crippen molar-refractivity contribution < 1.29 is 13.2 Å². The average Bonchev–Trinajstić information content (AvgIpc) is 2.78. The third-order valence-corrected chi connectivity index (χ3v) is 5.96. The molecule has 2 aromatic rings. The highest BCUT2D eigenvalue weighted by atomic mass is 19.4. The van der Waals surface area contributed by atoms with E-state index in [9.17, 15) is 13.2 Å². The van der Waals surface area contributed by atoms with Crippen LogP contribution in [0.15, 0.2) is 90.3 Å². The summed E-state index contributed by atoms with van der Waals surface area (Å²) in [6, 6.07) is 15.5. The Kier molecular flexibility index (Phi) is 7.72. The molecule has 33 heavy (non-hydrogen) atoms. The molecule has 1 atom stereocenters. The number of hydrogen-bond donors (Lipinski definition) is 2. The Morgan fingerprint density at radius 2 is 1.73 bits per heavy atom. The second kappa shape index (κ2) is 10.3. The summed E-state index contributed by atoms with van der Waals surface area (Å²) in [4.78, 5) is 0. The topological polar surface area (TPSA) is 24.1 Å². The zero-order chi connectivity index (χ0) is 24.1. The molecule has 0 spiro atoms. The molecule has 176 valence electrons. The quantitative estimate of drug-likeness (QED) is 0.422. The summed E-state index contributed by atoms with van der Waals surface area (Å²) < 4.78 is 41.0. The van der Waals surface area contributed by atoms with Crippen molar-refractivity contribution in [3.05, 3.63) is 107 Å². The van der Waals surface area contributed by atoms with E-state index in [1.54, 1.807) is 6.07 Å². The van der Waals surface area contributed by atoms with E-state index in [4.69, 9.17) is 0 Å². The number of hydrogen-bond acceptors (Lipinski definition) is 2. The van der Waals surface area contributed by atoms with Crippen LogP contribution in [0.3, 0.4) is 0 Å². The van der Waals surface area contributed by atoms with Crippen LogP contribution in [-0.4, -0.2) is 6.54 Å². The summed E-state index contributed by atoms with van der Waals surface area (Å²) in [7, 11) is 0. The van der Waals surface area contributed by atoms with E-state index in [1.165, 1.54) is 12.1 Å². The van der Waals surface area contributed by atoms with Crippen LogP contribution >= 0.6 is 0 Å². The van der Waals surface area contributed by atoms with Gasteiger partial charge in [-0.15, -0.1) is 0 Å². The van der Waals surface area contributed by atoms with Gasteiger partial charge in [0.25, 0.3) is 0 Å². The first-order valence-corrected chi connectivity index (χ1v) is 11.4. The molecule has 1 aliphatic heterocycles. The average molecular weight is 455 g/mol. The maximum atomic E-state index is 13.7. The first-order chi connectivity index (χ1) is 15.6. The van der Waals surface area contributed by atoms with Gasteiger partial charge in [-0.25, -0.2) is 0 Å². The lowest BCUT2D eigenvalue weighted by atomic mass is 9.78. The SMILES string of the molecule is C=C(CCC(C)C)NC(Cc1ccccc1)(C1=CC=C(C)CN1)c1cccc(C(F)(F)F)c1. The fourth-order valence-corrected chi connectivity index (χ4v) is 4.10. The molecule has 5 heteroatoms. The van der Waals surface area contributed by atoms with Crippen LogP contribution in [0.4, 0.5) is 13.2 Å². The number of alkyl halides is 3. The molecule has 0 saturated carbocycles. The third-order valence-electron chi connectivity index (χ3n) is 5.96. The third kappa shape index (κ3) is 6.31. The zero-order valence-electron chi connectivity index (χ0n) is 19.6. The molecule has 0 bridgehead atoms. The molecule has 0 amide bonds. The fraction of sp³-hybridized carbons (Fsp3) is 0.357. The Morgan fingerprint density at radius 1 is 1.03 bits per heavy atom. The first-order valence-electron chi connectivity index (χ1n) is 11.4. The summed E-state index contributed by atoms with van der Waals surface area (Å²) >= 11 is 0. The monoisotopic (exact) mass is 454 g/mol. The molecule has 2 nitrogen and oxygen atoms in total. The van der Waals surface area contributed by atoms with E-state index in [2.05, 4.69) is 31.1 Å². The number of benzene rings is 2. The minimum absolute atomic E-state index is 0.474. The van der Waals surface area contributed by atoms with Crippen molar-refractivity contribution in [2.24, 2.45) is 5.92 Å². The Balaban J connectivity index is 2.17. The Hall–Kier alpha value is -2.95. The lowest BCUT2D eigenvalue weighted by Gasteiger charge is -2.41. The maximum absolute atomic E-state index is 13.7. The maximum Gasteiger partial charge on any atom is 0.416 e. The number of nitrogens with one attached hydrogen (secondary N) is 2. The van der Waals surface area contributed by atoms with Gasteiger partial charge in [-0.05, 0) is 55.0 Å². The Morgan fingerprint density at radius 3 is 2.33 bits per heavy atom. The summed E-state index contributed by atoms with van der Waals surface area (Å²) in [5.41, 5.74) is 2.80. The van der Waals surface area contributed by atoms with Crippen molar-refractivity contribution in [3.8, 4) is 0 Å². The minimum atomic E-state index is -4.42. The second-order valence-corrected chi connectivity index (χ2v) is 9.25. The van der Waals surface area contributed by atoms with E-state index < -0.39 is 17.3 Å². The van der Waals surface area contributed by atoms with Crippen molar-refractivity contribution in [1.82, 2.24) is 10.6 Å². The van der Waals surface area contributed by atoms with E-state index in [0.29, 0.717) is 24.4 Å². The lowest BCUT2D eigenvalue weighted by Crippen LogP contribution is -2.50. The molecule has 2 N–H and O–H groups in total. The molecule has 1 unspecified atom stereocenters. The standard InChI is InChI=1S/C28H33F3N2/c1-20(2)13-15-22(4)33-27(18-23-9-6-5-7-10-23,26-16-14-21(3)19-32-26)24-11-8-12-25(17-24)28(29,30)31/h5-12,14,16-17,20,32-33H,4,13,15,18-19H2,1-3H3. The van der Waals surface area contributed by atoms with Crippen LogP contribution in [0.1, 0.15) is 50.3 Å². The van der Waals surface area contributed by atoms with Crippen molar-refractivity contribution in [2.75, 3.05) is 6.54 Å².